The Hall–Kier alpha value is -2.28. The van der Waals surface area contributed by atoms with Gasteiger partial charge in [-0.25, -0.2) is 4.98 Å². The zero-order valence-corrected chi connectivity index (χ0v) is 16.6. The van der Waals surface area contributed by atoms with Crippen LogP contribution in [0, 0.1) is 13.8 Å². The summed E-state index contributed by atoms with van der Waals surface area (Å²) >= 11 is 3.49. The smallest absolute Gasteiger partial charge is 0.221 e. The zero-order chi connectivity index (χ0) is 18.7. The van der Waals surface area contributed by atoms with Gasteiger partial charge < -0.3 is 18.9 Å². The molecule has 0 saturated carbocycles. The number of hydrogen-bond acceptors (Lipinski definition) is 6. The molecule has 1 aromatic heterocycles. The van der Waals surface area contributed by atoms with E-state index in [0.717, 1.165) is 21.9 Å². The summed E-state index contributed by atoms with van der Waals surface area (Å²) in [7, 11) is 6.06. The minimum atomic E-state index is 0.329. The Morgan fingerprint density at radius 1 is 0.880 bits per heavy atom. The summed E-state index contributed by atoms with van der Waals surface area (Å²) in [6.45, 7) is 3.75. The van der Waals surface area contributed by atoms with Crippen LogP contribution in [0.2, 0.25) is 0 Å². The van der Waals surface area contributed by atoms with Crippen LogP contribution >= 0.6 is 15.9 Å². The molecule has 0 atom stereocenters. The first-order chi connectivity index (χ1) is 12.0. The predicted molar refractivity (Wildman–Crippen MR) is 98.4 cm³/mol. The van der Waals surface area contributed by atoms with Gasteiger partial charge in [-0.05, 0) is 40.9 Å². The van der Waals surface area contributed by atoms with Gasteiger partial charge in [-0.1, -0.05) is 0 Å². The molecular weight excluding hydrogens is 390 g/mol. The zero-order valence-electron chi connectivity index (χ0n) is 15.0. The first-order valence-corrected chi connectivity index (χ1v) is 8.23. The summed E-state index contributed by atoms with van der Waals surface area (Å²) in [6.07, 6.45) is 2.41. The minimum Gasteiger partial charge on any atom is -0.492 e. The third-order valence-electron chi connectivity index (χ3n) is 4.08. The third-order valence-corrected chi connectivity index (χ3v) is 4.88. The number of carbonyl (C=O) groups is 1. The molecule has 0 aliphatic rings. The van der Waals surface area contributed by atoms with E-state index >= 15 is 0 Å². The number of benzene rings is 1. The van der Waals surface area contributed by atoms with Gasteiger partial charge in [0.05, 0.1) is 39.6 Å². The van der Waals surface area contributed by atoms with Crippen LogP contribution in [-0.2, 0) is 0 Å². The molecule has 0 unspecified atom stereocenters. The van der Waals surface area contributed by atoms with E-state index in [1.165, 1.54) is 21.3 Å². The number of halogens is 1. The maximum Gasteiger partial charge on any atom is 0.221 e. The van der Waals surface area contributed by atoms with Gasteiger partial charge >= 0.3 is 0 Å². The molecule has 25 heavy (non-hydrogen) atoms. The SMILES string of the molecule is COc1ncc(Br)c(C)c1-c1c(C)c(C=O)c(OC)c(OC)c1OC. The molecule has 0 fully saturated rings. The first-order valence-electron chi connectivity index (χ1n) is 7.43. The molecule has 0 radical (unpaired) electrons. The lowest BCUT2D eigenvalue weighted by molar-refractivity contribution is 0.111. The number of ether oxygens (including phenoxy) is 4. The van der Waals surface area contributed by atoms with Gasteiger partial charge in [0.15, 0.2) is 17.8 Å². The second-order valence-electron chi connectivity index (χ2n) is 5.25. The van der Waals surface area contributed by atoms with Gasteiger partial charge in [-0.15, -0.1) is 0 Å². The van der Waals surface area contributed by atoms with Crippen LogP contribution in [0.4, 0.5) is 0 Å². The highest BCUT2D eigenvalue weighted by atomic mass is 79.9. The number of pyridine rings is 1. The van der Waals surface area contributed by atoms with Crippen molar-refractivity contribution in [3.63, 3.8) is 0 Å². The van der Waals surface area contributed by atoms with Crippen LogP contribution in [0.1, 0.15) is 21.5 Å². The van der Waals surface area contributed by atoms with E-state index in [0.29, 0.717) is 39.8 Å². The summed E-state index contributed by atoms with van der Waals surface area (Å²) in [6, 6.07) is 0. The first kappa shape index (κ1) is 19.1. The number of carbonyl (C=O) groups excluding carboxylic acids is 1. The molecule has 0 saturated heterocycles. The van der Waals surface area contributed by atoms with Crippen LogP contribution in [0.5, 0.6) is 23.1 Å². The number of nitrogens with zero attached hydrogens (tertiary/aromatic N) is 1. The second kappa shape index (κ2) is 7.74. The van der Waals surface area contributed by atoms with Crippen molar-refractivity contribution in [2.45, 2.75) is 13.8 Å². The van der Waals surface area contributed by atoms with E-state index < -0.39 is 0 Å². The van der Waals surface area contributed by atoms with E-state index in [1.54, 1.807) is 13.3 Å². The van der Waals surface area contributed by atoms with Crippen LogP contribution < -0.4 is 18.9 Å². The fourth-order valence-electron chi connectivity index (χ4n) is 2.85. The Balaban J connectivity index is 3.06. The molecule has 0 spiro atoms. The van der Waals surface area contributed by atoms with Crippen molar-refractivity contribution in [1.82, 2.24) is 4.98 Å². The van der Waals surface area contributed by atoms with Crippen molar-refractivity contribution in [3.05, 3.63) is 27.4 Å². The van der Waals surface area contributed by atoms with Crippen molar-refractivity contribution in [2.75, 3.05) is 28.4 Å². The number of aromatic nitrogens is 1. The van der Waals surface area contributed by atoms with Crippen LogP contribution in [0.25, 0.3) is 11.1 Å². The van der Waals surface area contributed by atoms with Crippen LogP contribution in [-0.4, -0.2) is 39.7 Å². The minimum absolute atomic E-state index is 0.329. The Kier molecular flexibility index (Phi) is 5.89. The Morgan fingerprint density at radius 3 is 1.96 bits per heavy atom. The number of methoxy groups -OCH3 is 4. The van der Waals surface area contributed by atoms with E-state index in [2.05, 4.69) is 20.9 Å². The molecule has 6 nitrogen and oxygen atoms in total. The molecular formula is C18H20BrNO5. The number of aldehydes is 1. The van der Waals surface area contributed by atoms with Gasteiger partial charge in [-0.3, -0.25) is 4.79 Å². The van der Waals surface area contributed by atoms with E-state index in [9.17, 15) is 4.79 Å². The molecule has 0 amide bonds. The second-order valence-corrected chi connectivity index (χ2v) is 6.10. The maximum absolute atomic E-state index is 11.7. The Labute approximate surface area is 155 Å². The number of rotatable bonds is 6. The van der Waals surface area contributed by atoms with Gasteiger partial charge in [0.1, 0.15) is 0 Å². The quantitative estimate of drug-likeness (QED) is 0.672. The van der Waals surface area contributed by atoms with Crippen LogP contribution in [0.15, 0.2) is 10.7 Å². The lowest BCUT2D eigenvalue weighted by Crippen LogP contribution is -2.06. The van der Waals surface area contributed by atoms with Crippen molar-refractivity contribution < 1.29 is 23.7 Å². The summed E-state index contributed by atoms with van der Waals surface area (Å²) in [5, 5.41) is 0. The molecule has 0 N–H and O–H groups in total. The summed E-state index contributed by atoms with van der Waals surface area (Å²) in [5.74, 6) is 1.54. The molecule has 2 aromatic rings. The summed E-state index contributed by atoms with van der Waals surface area (Å²) < 4.78 is 22.7. The molecule has 1 heterocycles. The largest absolute Gasteiger partial charge is 0.492 e. The van der Waals surface area contributed by atoms with E-state index in [1.807, 2.05) is 13.8 Å². The van der Waals surface area contributed by atoms with Crippen molar-refractivity contribution in [2.24, 2.45) is 0 Å². The Bertz CT molecular complexity index is 820. The molecule has 0 bridgehead atoms. The highest BCUT2D eigenvalue weighted by Crippen LogP contribution is 2.51. The molecule has 7 heteroatoms. The van der Waals surface area contributed by atoms with Gasteiger partial charge in [0.2, 0.25) is 11.6 Å². The van der Waals surface area contributed by atoms with Crippen molar-refractivity contribution >= 4 is 22.2 Å². The highest BCUT2D eigenvalue weighted by Gasteiger charge is 2.28. The van der Waals surface area contributed by atoms with Gasteiger partial charge in [-0.2, -0.15) is 0 Å². The predicted octanol–water partition coefficient (Wildman–Crippen LogP) is 3.97. The molecule has 1 aromatic carbocycles. The van der Waals surface area contributed by atoms with Gasteiger partial charge in [0, 0.05) is 16.2 Å². The molecule has 0 aliphatic carbocycles. The van der Waals surface area contributed by atoms with Crippen LogP contribution in [0.3, 0.4) is 0 Å². The monoisotopic (exact) mass is 409 g/mol. The molecule has 2 rings (SSSR count). The average Bonchev–Trinajstić information content (AvgIpc) is 2.62. The standard InChI is InChI=1S/C18H20BrNO5/c1-9-11(8-21)15(22-3)17(24-5)16(23-4)13(9)14-10(2)12(19)7-20-18(14)25-6/h7-8H,1-6H3. The van der Waals surface area contributed by atoms with Gasteiger partial charge in [0.25, 0.3) is 0 Å². The summed E-state index contributed by atoms with van der Waals surface area (Å²) in [5.41, 5.74) is 3.36. The maximum atomic E-state index is 11.7. The fourth-order valence-corrected chi connectivity index (χ4v) is 3.15. The fraction of sp³-hybridized carbons (Fsp3) is 0.333. The lowest BCUT2D eigenvalue weighted by Gasteiger charge is -2.22. The third kappa shape index (κ3) is 3.04. The van der Waals surface area contributed by atoms with Crippen molar-refractivity contribution in [3.8, 4) is 34.3 Å². The average molecular weight is 410 g/mol. The topological polar surface area (TPSA) is 66.9 Å². The molecule has 0 aliphatic heterocycles. The molecule has 134 valence electrons. The normalized spacial score (nSPS) is 10.4. The van der Waals surface area contributed by atoms with Crippen molar-refractivity contribution in [1.29, 1.82) is 0 Å². The number of hydrogen-bond donors (Lipinski definition) is 0. The summed E-state index contributed by atoms with van der Waals surface area (Å²) in [4.78, 5) is 16.1. The van der Waals surface area contributed by atoms with E-state index in [4.69, 9.17) is 18.9 Å². The van der Waals surface area contributed by atoms with E-state index in [-0.39, 0.29) is 0 Å². The lowest BCUT2D eigenvalue weighted by atomic mass is 9.92. The Morgan fingerprint density at radius 2 is 1.48 bits per heavy atom. The highest BCUT2D eigenvalue weighted by molar-refractivity contribution is 9.10.